The van der Waals surface area contributed by atoms with Crippen molar-refractivity contribution in [3.63, 3.8) is 0 Å². The lowest BCUT2D eigenvalue weighted by atomic mass is 10.0. The Morgan fingerprint density at radius 2 is 1.91 bits per heavy atom. The van der Waals surface area contributed by atoms with Gasteiger partial charge in [-0.3, -0.25) is 14.2 Å². The quantitative estimate of drug-likeness (QED) is 0.649. The number of amides is 1. The van der Waals surface area contributed by atoms with Crippen LogP contribution in [0.15, 0.2) is 47.7 Å². The molecule has 3 heterocycles. The lowest BCUT2D eigenvalue weighted by Gasteiger charge is -2.39. The summed E-state index contributed by atoms with van der Waals surface area (Å²) < 4.78 is 42.7. The van der Waals surface area contributed by atoms with Gasteiger partial charge >= 0.3 is 6.18 Å². The number of nitrogens with zero attached hydrogens (tertiary/aromatic N) is 4. The summed E-state index contributed by atoms with van der Waals surface area (Å²) in [5, 5.41) is 10.4. The van der Waals surface area contributed by atoms with Gasteiger partial charge in [0.1, 0.15) is 11.4 Å². The number of halogens is 3. The molecule has 33 heavy (non-hydrogen) atoms. The van der Waals surface area contributed by atoms with Crippen molar-refractivity contribution in [3.05, 3.63) is 81.3 Å². The molecule has 0 spiro atoms. The summed E-state index contributed by atoms with van der Waals surface area (Å²) in [5.41, 5.74) is 0.626. The number of hydrogen-bond donors (Lipinski definition) is 1. The monoisotopic (exact) mass is 460 g/mol. The summed E-state index contributed by atoms with van der Waals surface area (Å²) in [4.78, 5) is 31.9. The van der Waals surface area contributed by atoms with Gasteiger partial charge in [0.15, 0.2) is 0 Å². The molecule has 10 heteroatoms. The molecular weight excluding hydrogens is 437 g/mol. The number of alkyl halides is 3. The standard InChI is InChI=1S/C23H23F3N4O3/c1-13-6-16(8-17(7-13)23(24,25)26)10-29-20(15(3)31)11-30-19(22(29)33)5-4-18(21(30)32)28-9-14(2)27-12-28/h4-9,12,15,20,31H,10-11H2,1-3H3. The Hall–Kier alpha value is -3.40. The number of carbonyl (C=O) groups excluding carboxylic acids is 1. The van der Waals surface area contributed by atoms with E-state index in [-0.39, 0.29) is 18.8 Å². The van der Waals surface area contributed by atoms with E-state index in [1.807, 2.05) is 0 Å². The first-order valence-corrected chi connectivity index (χ1v) is 10.4. The highest BCUT2D eigenvalue weighted by Gasteiger charge is 2.37. The van der Waals surface area contributed by atoms with Gasteiger partial charge in [-0.25, -0.2) is 4.98 Å². The molecule has 7 nitrogen and oxygen atoms in total. The Balaban J connectivity index is 1.74. The van der Waals surface area contributed by atoms with Gasteiger partial charge in [0, 0.05) is 19.3 Å². The highest BCUT2D eigenvalue weighted by atomic mass is 19.4. The van der Waals surface area contributed by atoms with Crippen molar-refractivity contribution in [1.82, 2.24) is 19.0 Å². The molecule has 1 N–H and O–H groups in total. The van der Waals surface area contributed by atoms with E-state index in [2.05, 4.69) is 4.98 Å². The van der Waals surface area contributed by atoms with Gasteiger partial charge in [-0.2, -0.15) is 13.2 Å². The number of aromatic nitrogens is 3. The maximum atomic E-state index is 13.3. The van der Waals surface area contributed by atoms with Crippen LogP contribution in [0.2, 0.25) is 0 Å². The van der Waals surface area contributed by atoms with Gasteiger partial charge in [-0.05, 0) is 50.6 Å². The Morgan fingerprint density at radius 3 is 2.52 bits per heavy atom. The van der Waals surface area contributed by atoms with E-state index < -0.39 is 35.4 Å². The average Bonchev–Trinajstić information content (AvgIpc) is 3.15. The van der Waals surface area contributed by atoms with Crippen molar-refractivity contribution >= 4 is 5.91 Å². The van der Waals surface area contributed by atoms with Crippen LogP contribution in [0.4, 0.5) is 13.2 Å². The number of aliphatic hydroxyl groups is 1. The van der Waals surface area contributed by atoms with Crippen LogP contribution in [0.3, 0.4) is 0 Å². The van der Waals surface area contributed by atoms with E-state index in [1.165, 1.54) is 34.9 Å². The number of rotatable bonds is 4. The van der Waals surface area contributed by atoms with Crippen molar-refractivity contribution in [2.45, 2.75) is 52.2 Å². The minimum absolute atomic E-state index is 0.0109. The summed E-state index contributed by atoms with van der Waals surface area (Å²) in [6.07, 6.45) is -2.35. The van der Waals surface area contributed by atoms with Crippen LogP contribution in [0.25, 0.3) is 5.69 Å². The van der Waals surface area contributed by atoms with E-state index in [4.69, 9.17) is 0 Å². The fourth-order valence-electron chi connectivity index (χ4n) is 4.18. The van der Waals surface area contributed by atoms with Gasteiger partial charge in [0.05, 0.1) is 29.7 Å². The predicted molar refractivity (Wildman–Crippen MR) is 114 cm³/mol. The van der Waals surface area contributed by atoms with E-state index in [0.29, 0.717) is 16.8 Å². The number of carbonyl (C=O) groups is 1. The van der Waals surface area contributed by atoms with Crippen LogP contribution in [0.5, 0.6) is 0 Å². The number of benzene rings is 1. The second kappa shape index (κ2) is 8.18. The summed E-state index contributed by atoms with van der Waals surface area (Å²) >= 11 is 0. The fraction of sp³-hybridized carbons (Fsp3) is 0.348. The number of hydrogen-bond acceptors (Lipinski definition) is 4. The zero-order valence-corrected chi connectivity index (χ0v) is 18.3. The molecular formula is C23H23F3N4O3. The van der Waals surface area contributed by atoms with Gasteiger partial charge in [0.2, 0.25) is 0 Å². The minimum Gasteiger partial charge on any atom is -0.391 e. The van der Waals surface area contributed by atoms with Crippen molar-refractivity contribution in [2.75, 3.05) is 0 Å². The highest BCUT2D eigenvalue weighted by molar-refractivity contribution is 5.93. The first kappa shape index (κ1) is 22.8. The Kier molecular flexibility index (Phi) is 5.65. The van der Waals surface area contributed by atoms with Crippen molar-refractivity contribution in [2.24, 2.45) is 0 Å². The van der Waals surface area contributed by atoms with Crippen LogP contribution < -0.4 is 5.56 Å². The molecule has 1 aliphatic rings. The van der Waals surface area contributed by atoms with E-state index in [9.17, 15) is 27.9 Å². The molecule has 2 unspecified atom stereocenters. The van der Waals surface area contributed by atoms with Crippen LogP contribution in [-0.2, 0) is 19.3 Å². The minimum atomic E-state index is -4.52. The Labute approximate surface area is 187 Å². The smallest absolute Gasteiger partial charge is 0.391 e. The zero-order chi connectivity index (χ0) is 24.1. The number of imidazole rings is 1. The molecule has 174 valence electrons. The third-order valence-corrected chi connectivity index (χ3v) is 5.77. The molecule has 4 rings (SSSR count). The molecule has 0 bridgehead atoms. The largest absolute Gasteiger partial charge is 0.416 e. The number of pyridine rings is 1. The maximum Gasteiger partial charge on any atom is 0.416 e. The van der Waals surface area contributed by atoms with Crippen molar-refractivity contribution in [3.8, 4) is 5.69 Å². The van der Waals surface area contributed by atoms with Crippen molar-refractivity contribution in [1.29, 1.82) is 0 Å². The predicted octanol–water partition coefficient (Wildman–Crippen LogP) is 3.08. The lowest BCUT2D eigenvalue weighted by molar-refractivity contribution is -0.137. The molecule has 2 aromatic heterocycles. The molecule has 0 radical (unpaired) electrons. The third-order valence-electron chi connectivity index (χ3n) is 5.77. The second-order valence-corrected chi connectivity index (χ2v) is 8.39. The number of aryl methyl sites for hydroxylation is 2. The summed E-state index contributed by atoms with van der Waals surface area (Å²) in [6.45, 7) is 4.71. The molecule has 3 aromatic rings. The average molecular weight is 460 g/mol. The van der Waals surface area contributed by atoms with E-state index in [0.717, 1.165) is 17.8 Å². The molecule has 0 fully saturated rings. The first-order valence-electron chi connectivity index (χ1n) is 10.4. The van der Waals surface area contributed by atoms with Crippen LogP contribution in [0, 0.1) is 13.8 Å². The summed E-state index contributed by atoms with van der Waals surface area (Å²) in [7, 11) is 0. The van der Waals surface area contributed by atoms with Crippen LogP contribution >= 0.6 is 0 Å². The van der Waals surface area contributed by atoms with E-state index >= 15 is 0 Å². The van der Waals surface area contributed by atoms with E-state index in [1.54, 1.807) is 30.7 Å². The molecule has 1 aliphatic heterocycles. The number of aliphatic hydroxyl groups excluding tert-OH is 1. The SMILES string of the molecule is Cc1cc(CN2C(=O)c3ccc(-n4cnc(C)c4)c(=O)n3CC2C(C)O)cc(C(F)(F)F)c1. The molecule has 0 saturated heterocycles. The van der Waals surface area contributed by atoms with Gasteiger partial charge in [-0.1, -0.05) is 11.6 Å². The highest BCUT2D eigenvalue weighted by Crippen LogP contribution is 2.31. The fourth-order valence-corrected chi connectivity index (χ4v) is 4.18. The van der Waals surface area contributed by atoms with Crippen LogP contribution in [-0.4, -0.2) is 42.2 Å². The summed E-state index contributed by atoms with van der Waals surface area (Å²) in [6, 6.07) is 5.86. The molecule has 0 saturated carbocycles. The third kappa shape index (κ3) is 4.30. The lowest BCUT2D eigenvalue weighted by Crippen LogP contribution is -2.54. The van der Waals surface area contributed by atoms with Gasteiger partial charge in [-0.15, -0.1) is 0 Å². The molecule has 2 atom stereocenters. The topological polar surface area (TPSA) is 80.4 Å². The first-order chi connectivity index (χ1) is 15.5. The van der Waals surface area contributed by atoms with Crippen LogP contribution in [0.1, 0.15) is 39.8 Å². The van der Waals surface area contributed by atoms with Gasteiger partial charge in [0.25, 0.3) is 11.5 Å². The molecule has 1 amide bonds. The zero-order valence-electron chi connectivity index (χ0n) is 18.3. The summed E-state index contributed by atoms with van der Waals surface area (Å²) in [5.74, 6) is -0.535. The Bertz CT molecular complexity index is 1280. The maximum absolute atomic E-state index is 13.3. The second-order valence-electron chi connectivity index (χ2n) is 8.39. The van der Waals surface area contributed by atoms with Crippen molar-refractivity contribution < 1.29 is 23.1 Å². The Morgan fingerprint density at radius 1 is 1.18 bits per heavy atom. The van der Waals surface area contributed by atoms with Gasteiger partial charge < -0.3 is 14.6 Å². The molecule has 1 aromatic carbocycles. The number of fused-ring (bicyclic) bond motifs is 1. The molecule has 0 aliphatic carbocycles. The normalized spacial score (nSPS) is 17.2.